The van der Waals surface area contributed by atoms with Crippen LogP contribution in [0.1, 0.15) is 77.6 Å². The highest BCUT2D eigenvalue weighted by Gasteiger charge is 2.44. The summed E-state index contributed by atoms with van der Waals surface area (Å²) in [6.45, 7) is 18.7. The van der Waals surface area contributed by atoms with E-state index in [0.29, 0.717) is 0 Å². The lowest BCUT2D eigenvalue weighted by molar-refractivity contribution is 0.419. The van der Waals surface area contributed by atoms with Gasteiger partial charge in [0.1, 0.15) is 11.5 Å². The topological polar surface area (TPSA) is 26.5 Å². The van der Waals surface area contributed by atoms with Crippen LogP contribution in [0.4, 0.5) is 0 Å². The number of hydrogen-bond acceptors (Lipinski definition) is 3. The van der Waals surface area contributed by atoms with E-state index in [4.69, 9.17) is 9.72 Å². The average Bonchev–Trinajstić information content (AvgIpc) is 3.86. The molecule has 320 valence electrons. The van der Waals surface area contributed by atoms with Gasteiger partial charge in [-0.05, 0) is 78.1 Å². The Hall–Kier alpha value is -6.53. The molecule has 2 aromatic heterocycles. The van der Waals surface area contributed by atoms with Crippen molar-refractivity contribution in [2.45, 2.75) is 71.6 Å². The first-order valence-corrected chi connectivity index (χ1v) is 25.7. The summed E-state index contributed by atoms with van der Waals surface area (Å²) in [7, 11) is -3.10. The number of ether oxygens (including phenoxy) is 1. The van der Waals surface area contributed by atoms with E-state index >= 15 is 0 Å². The van der Waals surface area contributed by atoms with Crippen LogP contribution in [0.3, 0.4) is 0 Å². The quantitative estimate of drug-likeness (QED) is 0.123. The molecule has 0 aliphatic carbocycles. The van der Waals surface area contributed by atoms with Gasteiger partial charge in [0.2, 0.25) is 0 Å². The van der Waals surface area contributed by atoms with E-state index in [1.54, 1.807) is 11.3 Å². The Kier molecular flexibility index (Phi) is 9.52. The molecule has 11 rings (SSSR count). The van der Waals surface area contributed by atoms with Crippen molar-refractivity contribution in [2.75, 3.05) is 0 Å². The van der Waals surface area contributed by atoms with Crippen LogP contribution < -0.4 is 25.5 Å². The summed E-state index contributed by atoms with van der Waals surface area (Å²) in [5.74, 6) is 1.87. The maximum Gasteiger partial charge on any atom is 0.195 e. The van der Waals surface area contributed by atoms with Crippen LogP contribution in [0.2, 0.25) is 0 Å². The smallest absolute Gasteiger partial charge is 0.195 e. The molecule has 1 aliphatic rings. The Balaban J connectivity index is 1.22. The third-order valence-electron chi connectivity index (χ3n) is 13.9. The van der Waals surface area contributed by atoms with Gasteiger partial charge < -0.3 is 4.74 Å². The molecule has 0 unspecified atom stereocenters. The fourth-order valence-electron chi connectivity index (χ4n) is 10.8. The van der Waals surface area contributed by atoms with Gasteiger partial charge in [-0.2, -0.15) is 0 Å². The lowest BCUT2D eigenvalue weighted by Crippen LogP contribution is -2.74. The zero-order chi connectivity index (χ0) is 44.9. The van der Waals surface area contributed by atoms with Gasteiger partial charge in [-0.3, -0.25) is 4.40 Å². The summed E-state index contributed by atoms with van der Waals surface area (Å²) in [4.78, 5) is 6.45. The Morgan fingerprint density at radius 1 is 0.492 bits per heavy atom. The number of rotatable bonds is 6. The van der Waals surface area contributed by atoms with E-state index in [0.717, 1.165) is 38.6 Å². The highest BCUT2D eigenvalue weighted by Crippen LogP contribution is 2.52. The summed E-state index contributed by atoms with van der Waals surface area (Å²) < 4.78 is 10.6. The van der Waals surface area contributed by atoms with Crippen molar-refractivity contribution >= 4 is 66.4 Å². The molecule has 10 aromatic rings. The first-order valence-electron chi connectivity index (χ1n) is 22.9. The fraction of sp³-hybridized carbons (Fsp3) is 0.183. The number of fused-ring (bicyclic) bond motifs is 7. The number of hydrogen-bond donors (Lipinski definition) is 0. The lowest BCUT2D eigenvalue weighted by Gasteiger charge is -2.38. The van der Waals surface area contributed by atoms with Crippen LogP contribution in [0.5, 0.6) is 11.5 Å². The zero-order valence-corrected chi connectivity index (χ0v) is 40.3. The molecule has 0 bridgehead atoms. The predicted molar refractivity (Wildman–Crippen MR) is 279 cm³/mol. The summed E-state index contributed by atoms with van der Waals surface area (Å²) in [6, 6.07) is 68.2. The van der Waals surface area contributed by atoms with Gasteiger partial charge in [-0.15, -0.1) is 0 Å². The minimum atomic E-state index is -3.10. The normalized spacial score (nSPS) is 13.8. The number of para-hydroxylation sites is 4. The fourth-order valence-corrected chi connectivity index (χ4v) is 16.6. The van der Waals surface area contributed by atoms with Gasteiger partial charge in [0.05, 0.1) is 21.3 Å². The van der Waals surface area contributed by atoms with Gasteiger partial charge in [0.25, 0.3) is 0 Å². The van der Waals surface area contributed by atoms with Gasteiger partial charge in [0.15, 0.2) is 13.0 Å². The standard InChI is InChI=1S/C60H54N2OSSi/c1-58(2,3)47-35-33-41(37-45(47)43-25-20-30-52-55(43)61-57-62(52)51-29-16-18-32-54(51)64-57)65(39-21-11-9-12-22-39,40-23-13-10-14-24-40)42-34-36-48(59(4,5)6)46(38-42)44-26-19-28-50-56(44)63-53-31-17-15-27-49(53)60(50,7)8/h9-38H,1-8H3. The molecule has 0 fully saturated rings. The number of nitrogens with zero attached hydrogens (tertiary/aromatic N) is 2. The van der Waals surface area contributed by atoms with Crippen LogP contribution in [-0.4, -0.2) is 17.5 Å². The zero-order valence-electron chi connectivity index (χ0n) is 38.5. The molecule has 0 N–H and O–H groups in total. The van der Waals surface area contributed by atoms with Crippen molar-refractivity contribution in [3.8, 4) is 33.8 Å². The number of benzene rings is 8. The average molecular weight is 879 g/mol. The van der Waals surface area contributed by atoms with E-state index in [1.165, 1.54) is 64.3 Å². The summed E-state index contributed by atoms with van der Waals surface area (Å²) in [5, 5.41) is 5.33. The number of aromatic nitrogens is 2. The molecule has 8 aromatic carbocycles. The summed E-state index contributed by atoms with van der Waals surface area (Å²) in [6.07, 6.45) is 0. The monoisotopic (exact) mass is 878 g/mol. The number of thiazole rings is 1. The van der Waals surface area contributed by atoms with Crippen LogP contribution in [-0.2, 0) is 16.2 Å². The first-order chi connectivity index (χ1) is 31.3. The van der Waals surface area contributed by atoms with Gasteiger partial charge in [-0.1, -0.05) is 224 Å². The Morgan fingerprint density at radius 3 is 1.66 bits per heavy atom. The molecule has 0 amide bonds. The second kappa shape index (κ2) is 15.0. The molecular weight excluding hydrogens is 825 g/mol. The Morgan fingerprint density at radius 2 is 1.02 bits per heavy atom. The Labute approximate surface area is 388 Å². The second-order valence-corrected chi connectivity index (χ2v) is 25.2. The van der Waals surface area contributed by atoms with Gasteiger partial charge in [0, 0.05) is 27.7 Å². The first kappa shape index (κ1) is 41.2. The van der Waals surface area contributed by atoms with Crippen LogP contribution in [0, 0.1) is 0 Å². The summed E-state index contributed by atoms with van der Waals surface area (Å²) >= 11 is 1.76. The maximum atomic E-state index is 7.03. The molecule has 0 radical (unpaired) electrons. The van der Waals surface area contributed by atoms with Crippen molar-refractivity contribution in [3.05, 3.63) is 204 Å². The number of imidazole rings is 1. The van der Waals surface area contributed by atoms with Crippen molar-refractivity contribution in [2.24, 2.45) is 0 Å². The molecule has 3 heterocycles. The van der Waals surface area contributed by atoms with E-state index in [2.05, 4.69) is 242 Å². The van der Waals surface area contributed by atoms with Crippen molar-refractivity contribution in [1.82, 2.24) is 9.38 Å². The van der Waals surface area contributed by atoms with Crippen LogP contribution >= 0.6 is 11.3 Å². The van der Waals surface area contributed by atoms with Crippen molar-refractivity contribution in [3.63, 3.8) is 0 Å². The molecule has 0 saturated carbocycles. The Bertz CT molecular complexity index is 3420. The third kappa shape index (κ3) is 6.46. The molecule has 65 heavy (non-hydrogen) atoms. The van der Waals surface area contributed by atoms with E-state index in [-0.39, 0.29) is 16.2 Å². The molecule has 5 heteroatoms. The van der Waals surface area contributed by atoms with Gasteiger partial charge in [-0.25, -0.2) is 4.98 Å². The minimum Gasteiger partial charge on any atom is -0.456 e. The van der Waals surface area contributed by atoms with E-state index < -0.39 is 8.07 Å². The molecule has 1 aliphatic heterocycles. The molecular formula is C60H54N2OSSi. The highest BCUT2D eigenvalue weighted by molar-refractivity contribution is 7.23. The molecule has 0 atom stereocenters. The van der Waals surface area contributed by atoms with Crippen LogP contribution in [0.15, 0.2) is 182 Å². The predicted octanol–water partition coefficient (Wildman–Crippen LogP) is 13.4. The highest BCUT2D eigenvalue weighted by atomic mass is 32.1. The maximum absolute atomic E-state index is 7.03. The molecule has 3 nitrogen and oxygen atoms in total. The van der Waals surface area contributed by atoms with Crippen molar-refractivity contribution in [1.29, 1.82) is 0 Å². The molecule has 0 spiro atoms. The van der Waals surface area contributed by atoms with E-state index in [9.17, 15) is 0 Å². The van der Waals surface area contributed by atoms with Gasteiger partial charge >= 0.3 is 0 Å². The molecule has 0 saturated heterocycles. The van der Waals surface area contributed by atoms with E-state index in [1.807, 2.05) is 0 Å². The lowest BCUT2D eigenvalue weighted by atomic mass is 9.74. The third-order valence-corrected chi connectivity index (χ3v) is 19.7. The van der Waals surface area contributed by atoms with Crippen LogP contribution in [0.25, 0.3) is 48.5 Å². The second-order valence-electron chi connectivity index (χ2n) is 20.4. The SMILES string of the molecule is CC(C)(C)c1ccc([Si](c2ccccc2)(c2ccccc2)c2ccc(C(C)(C)C)c(-c3cccc4c3nc3sc5ccccc5n34)c2)cc1-c1cccc2c1Oc1ccccc1C2(C)C. The largest absolute Gasteiger partial charge is 0.456 e. The minimum absolute atomic E-state index is 0.135. The van der Waals surface area contributed by atoms with Crippen molar-refractivity contribution < 1.29 is 4.74 Å². The summed E-state index contributed by atoms with van der Waals surface area (Å²) in [5.41, 5.74) is 12.6.